The molecule has 8 heteroatoms. The van der Waals surface area contributed by atoms with Gasteiger partial charge in [0.2, 0.25) is 5.91 Å². The number of benzene rings is 3. The highest BCUT2D eigenvalue weighted by Crippen LogP contribution is 2.24. The molecule has 0 fully saturated rings. The SMILES string of the molecule is COc1ccc(NC(=O)CCSc2nnc(CNc3ccccc3C)n2-c2ccccc2)cc1. The molecule has 7 nitrogen and oxygen atoms in total. The number of ether oxygens (including phenoxy) is 1. The van der Waals surface area contributed by atoms with E-state index in [0.29, 0.717) is 18.7 Å². The van der Waals surface area contributed by atoms with Gasteiger partial charge in [0.25, 0.3) is 0 Å². The van der Waals surface area contributed by atoms with Gasteiger partial charge in [0.1, 0.15) is 5.75 Å². The van der Waals surface area contributed by atoms with Crippen LogP contribution < -0.4 is 15.4 Å². The molecule has 4 rings (SSSR count). The Labute approximate surface area is 203 Å². The van der Waals surface area contributed by atoms with Gasteiger partial charge in [-0.15, -0.1) is 10.2 Å². The van der Waals surface area contributed by atoms with E-state index in [1.807, 2.05) is 71.3 Å². The lowest BCUT2D eigenvalue weighted by Gasteiger charge is -2.12. The second-order valence-electron chi connectivity index (χ2n) is 7.61. The number of para-hydroxylation sites is 2. The molecule has 4 aromatic rings. The van der Waals surface area contributed by atoms with Gasteiger partial charge in [-0.05, 0) is 55.0 Å². The van der Waals surface area contributed by atoms with E-state index in [4.69, 9.17) is 4.74 Å². The quantitative estimate of drug-likeness (QED) is 0.304. The first-order valence-corrected chi connectivity index (χ1v) is 12.0. The first kappa shape index (κ1) is 23.4. The zero-order chi connectivity index (χ0) is 23.8. The first-order chi connectivity index (χ1) is 16.6. The largest absolute Gasteiger partial charge is 0.497 e. The summed E-state index contributed by atoms with van der Waals surface area (Å²) in [5.74, 6) is 2.09. The van der Waals surface area contributed by atoms with Gasteiger partial charge in [0.05, 0.1) is 13.7 Å². The van der Waals surface area contributed by atoms with Crippen LogP contribution in [0.4, 0.5) is 11.4 Å². The van der Waals surface area contributed by atoms with Crippen molar-refractivity contribution in [1.29, 1.82) is 0 Å². The third-order valence-corrected chi connectivity index (χ3v) is 6.16. The van der Waals surface area contributed by atoms with Crippen molar-refractivity contribution in [3.63, 3.8) is 0 Å². The highest BCUT2D eigenvalue weighted by molar-refractivity contribution is 7.99. The summed E-state index contributed by atoms with van der Waals surface area (Å²) in [5.41, 5.74) is 3.97. The second-order valence-corrected chi connectivity index (χ2v) is 8.68. The molecule has 1 amide bonds. The molecule has 0 bridgehead atoms. The summed E-state index contributed by atoms with van der Waals surface area (Å²) in [6.45, 7) is 2.60. The summed E-state index contributed by atoms with van der Waals surface area (Å²) < 4.78 is 7.19. The molecule has 174 valence electrons. The smallest absolute Gasteiger partial charge is 0.225 e. The zero-order valence-corrected chi connectivity index (χ0v) is 20.0. The van der Waals surface area contributed by atoms with Crippen LogP contribution in [0, 0.1) is 6.92 Å². The first-order valence-electron chi connectivity index (χ1n) is 11.0. The number of amides is 1. The van der Waals surface area contributed by atoms with Crippen LogP contribution in [-0.4, -0.2) is 33.5 Å². The number of carbonyl (C=O) groups is 1. The normalized spacial score (nSPS) is 10.6. The van der Waals surface area contributed by atoms with E-state index in [1.165, 1.54) is 17.3 Å². The Morgan fingerprint density at radius 1 is 0.971 bits per heavy atom. The Morgan fingerprint density at radius 2 is 1.71 bits per heavy atom. The van der Waals surface area contributed by atoms with Gasteiger partial charge in [0, 0.05) is 29.2 Å². The topological polar surface area (TPSA) is 81.1 Å². The Morgan fingerprint density at radius 3 is 2.44 bits per heavy atom. The number of thioether (sulfide) groups is 1. The number of nitrogens with zero attached hydrogens (tertiary/aromatic N) is 3. The van der Waals surface area contributed by atoms with Crippen molar-refractivity contribution in [2.45, 2.75) is 25.0 Å². The minimum absolute atomic E-state index is 0.0510. The maximum Gasteiger partial charge on any atom is 0.225 e. The number of rotatable bonds is 10. The van der Waals surface area contributed by atoms with Gasteiger partial charge in [-0.1, -0.05) is 48.2 Å². The molecule has 0 unspecified atom stereocenters. The maximum absolute atomic E-state index is 12.4. The predicted octanol–water partition coefficient (Wildman–Crippen LogP) is 5.32. The Kier molecular flexibility index (Phi) is 7.83. The van der Waals surface area contributed by atoms with Gasteiger partial charge in [-0.25, -0.2) is 0 Å². The van der Waals surface area contributed by atoms with Gasteiger partial charge in [-0.2, -0.15) is 0 Å². The van der Waals surface area contributed by atoms with Crippen molar-refractivity contribution >= 4 is 29.0 Å². The number of methoxy groups -OCH3 is 1. The number of nitrogens with one attached hydrogen (secondary N) is 2. The third kappa shape index (κ3) is 5.96. The predicted molar refractivity (Wildman–Crippen MR) is 137 cm³/mol. The fraction of sp³-hybridized carbons (Fsp3) is 0.192. The van der Waals surface area contributed by atoms with Crippen LogP contribution in [-0.2, 0) is 11.3 Å². The van der Waals surface area contributed by atoms with Crippen LogP contribution in [0.1, 0.15) is 17.8 Å². The molecular weight excluding hydrogens is 446 g/mol. The third-order valence-electron chi connectivity index (χ3n) is 5.23. The summed E-state index contributed by atoms with van der Waals surface area (Å²) in [6, 6.07) is 25.5. The Hall–Kier alpha value is -3.78. The lowest BCUT2D eigenvalue weighted by atomic mass is 10.2. The average Bonchev–Trinajstić information content (AvgIpc) is 3.27. The van der Waals surface area contributed by atoms with Crippen LogP contribution in [0.5, 0.6) is 5.75 Å². The summed E-state index contributed by atoms with van der Waals surface area (Å²) >= 11 is 1.51. The molecule has 3 aromatic carbocycles. The second kappa shape index (κ2) is 11.4. The van der Waals surface area contributed by atoms with Gasteiger partial charge in [0.15, 0.2) is 11.0 Å². The van der Waals surface area contributed by atoms with Crippen LogP contribution in [0.2, 0.25) is 0 Å². The van der Waals surface area contributed by atoms with Gasteiger partial charge in [-0.3, -0.25) is 9.36 Å². The highest BCUT2D eigenvalue weighted by Gasteiger charge is 2.15. The molecule has 0 atom stereocenters. The van der Waals surface area contributed by atoms with Crippen molar-refractivity contribution in [2.24, 2.45) is 0 Å². The van der Waals surface area contributed by atoms with E-state index >= 15 is 0 Å². The van der Waals surface area contributed by atoms with E-state index in [-0.39, 0.29) is 5.91 Å². The lowest BCUT2D eigenvalue weighted by molar-refractivity contribution is -0.115. The van der Waals surface area contributed by atoms with Crippen molar-refractivity contribution < 1.29 is 9.53 Å². The molecular formula is C26H27N5O2S. The van der Waals surface area contributed by atoms with E-state index in [0.717, 1.165) is 33.8 Å². The molecule has 0 radical (unpaired) electrons. The van der Waals surface area contributed by atoms with Crippen LogP contribution in [0.3, 0.4) is 0 Å². The summed E-state index contributed by atoms with van der Waals surface area (Å²) in [6.07, 6.45) is 0.356. The zero-order valence-electron chi connectivity index (χ0n) is 19.2. The minimum atomic E-state index is -0.0510. The molecule has 0 aliphatic heterocycles. The van der Waals surface area contributed by atoms with Gasteiger partial charge >= 0.3 is 0 Å². The lowest BCUT2D eigenvalue weighted by Crippen LogP contribution is -2.12. The van der Waals surface area contributed by atoms with E-state index in [9.17, 15) is 4.79 Å². The Balaban J connectivity index is 1.41. The van der Waals surface area contributed by atoms with E-state index in [1.54, 1.807) is 7.11 Å². The highest BCUT2D eigenvalue weighted by atomic mass is 32.2. The summed E-state index contributed by atoms with van der Waals surface area (Å²) in [7, 11) is 1.61. The standard InChI is InChI=1S/C26H27N5O2S/c1-19-8-6-7-11-23(19)27-18-24-29-30-26(31(24)21-9-4-3-5-10-21)34-17-16-25(32)28-20-12-14-22(33-2)15-13-20/h3-15,27H,16-18H2,1-2H3,(H,28,32). The maximum atomic E-state index is 12.4. The number of anilines is 2. The minimum Gasteiger partial charge on any atom is -0.497 e. The molecule has 1 heterocycles. The van der Waals surface area contributed by atoms with Crippen molar-refractivity contribution in [2.75, 3.05) is 23.5 Å². The summed E-state index contributed by atoms with van der Waals surface area (Å²) in [4.78, 5) is 12.4. The molecule has 1 aromatic heterocycles. The van der Waals surface area contributed by atoms with E-state index < -0.39 is 0 Å². The number of hydrogen-bond acceptors (Lipinski definition) is 6. The van der Waals surface area contributed by atoms with Crippen LogP contribution >= 0.6 is 11.8 Å². The monoisotopic (exact) mass is 473 g/mol. The molecule has 0 aliphatic rings. The molecule has 2 N–H and O–H groups in total. The number of aryl methyl sites for hydroxylation is 1. The molecule has 0 saturated heterocycles. The molecule has 0 aliphatic carbocycles. The van der Waals surface area contributed by atoms with Crippen LogP contribution in [0.25, 0.3) is 5.69 Å². The van der Waals surface area contributed by atoms with Crippen molar-refractivity contribution in [1.82, 2.24) is 14.8 Å². The number of aromatic nitrogens is 3. The number of hydrogen-bond donors (Lipinski definition) is 2. The fourth-order valence-corrected chi connectivity index (χ4v) is 4.33. The fourth-order valence-electron chi connectivity index (χ4n) is 3.42. The van der Waals surface area contributed by atoms with E-state index in [2.05, 4.69) is 39.9 Å². The molecule has 34 heavy (non-hydrogen) atoms. The van der Waals surface area contributed by atoms with Crippen LogP contribution in [0.15, 0.2) is 84.0 Å². The summed E-state index contributed by atoms with van der Waals surface area (Å²) in [5, 5.41) is 16.0. The van der Waals surface area contributed by atoms with Crippen molar-refractivity contribution in [3.05, 3.63) is 90.3 Å². The number of carbonyl (C=O) groups excluding carboxylic acids is 1. The average molecular weight is 474 g/mol. The molecule has 0 spiro atoms. The Bertz CT molecular complexity index is 1230. The van der Waals surface area contributed by atoms with Crippen molar-refractivity contribution in [3.8, 4) is 11.4 Å². The van der Waals surface area contributed by atoms with Gasteiger partial charge < -0.3 is 15.4 Å². The molecule has 0 saturated carbocycles.